The van der Waals surface area contributed by atoms with Gasteiger partial charge in [-0.25, -0.2) is 4.79 Å². The van der Waals surface area contributed by atoms with Crippen LogP contribution in [0.2, 0.25) is 0 Å². The van der Waals surface area contributed by atoms with E-state index >= 15 is 0 Å². The number of amides is 1. The molecule has 0 spiro atoms. The highest BCUT2D eigenvalue weighted by molar-refractivity contribution is 8.23. The molecule has 2 atom stereocenters. The highest BCUT2D eigenvalue weighted by Gasteiger charge is 2.17. The standard InChI is InChI=1S/C9H14N2O4S/c10-6(8(12)13)3-5-16-4-1-2-7(16)11-9(14)15/h1-2,4,6,11,16H,3,5,10H2,(H,12,13)(H,14,15)/t6-/m0/s1. The van der Waals surface area contributed by atoms with Gasteiger partial charge >= 0.3 is 12.1 Å². The fourth-order valence-corrected chi connectivity index (χ4v) is 3.15. The lowest BCUT2D eigenvalue weighted by molar-refractivity contribution is -0.138. The van der Waals surface area contributed by atoms with E-state index in [1.807, 2.05) is 5.41 Å². The summed E-state index contributed by atoms with van der Waals surface area (Å²) in [5.74, 6) is -0.458. The number of thiol groups is 1. The summed E-state index contributed by atoms with van der Waals surface area (Å²) in [5, 5.41) is 22.0. The van der Waals surface area contributed by atoms with Crippen molar-refractivity contribution in [2.45, 2.75) is 12.5 Å². The first-order valence-electron chi connectivity index (χ1n) is 4.64. The van der Waals surface area contributed by atoms with Gasteiger partial charge < -0.3 is 15.9 Å². The number of nitrogens with one attached hydrogen (secondary N) is 1. The van der Waals surface area contributed by atoms with Crippen LogP contribution in [0.5, 0.6) is 0 Å². The molecule has 1 rings (SSSR count). The van der Waals surface area contributed by atoms with E-state index in [9.17, 15) is 9.59 Å². The fourth-order valence-electron chi connectivity index (χ4n) is 1.23. The molecule has 1 aliphatic heterocycles. The van der Waals surface area contributed by atoms with Crippen LogP contribution in [0.1, 0.15) is 6.42 Å². The van der Waals surface area contributed by atoms with Crippen LogP contribution in [0.3, 0.4) is 0 Å². The van der Waals surface area contributed by atoms with Crippen molar-refractivity contribution in [2.24, 2.45) is 5.73 Å². The molecular formula is C9H14N2O4S. The van der Waals surface area contributed by atoms with Gasteiger partial charge in [0.05, 0.1) is 5.03 Å². The molecule has 0 bridgehead atoms. The van der Waals surface area contributed by atoms with Gasteiger partial charge in [0.25, 0.3) is 0 Å². The van der Waals surface area contributed by atoms with Crippen LogP contribution >= 0.6 is 10.9 Å². The van der Waals surface area contributed by atoms with Crippen LogP contribution in [0.4, 0.5) is 4.79 Å². The van der Waals surface area contributed by atoms with Gasteiger partial charge in [0, 0.05) is 0 Å². The summed E-state index contributed by atoms with van der Waals surface area (Å²) < 4.78 is 0. The highest BCUT2D eigenvalue weighted by atomic mass is 32.2. The van der Waals surface area contributed by atoms with Crippen molar-refractivity contribution >= 4 is 23.0 Å². The van der Waals surface area contributed by atoms with E-state index in [2.05, 4.69) is 5.32 Å². The van der Waals surface area contributed by atoms with Crippen molar-refractivity contribution in [1.82, 2.24) is 5.32 Å². The van der Waals surface area contributed by atoms with Gasteiger partial charge in [0.2, 0.25) is 0 Å². The second kappa shape index (κ2) is 5.57. The highest BCUT2D eigenvalue weighted by Crippen LogP contribution is 2.39. The zero-order chi connectivity index (χ0) is 12.1. The summed E-state index contributed by atoms with van der Waals surface area (Å²) >= 11 is 0. The van der Waals surface area contributed by atoms with E-state index in [1.165, 1.54) is 0 Å². The lowest BCUT2D eigenvalue weighted by Gasteiger charge is -2.18. The Bertz CT molecular complexity index is 353. The number of allylic oxidation sites excluding steroid dienone is 2. The summed E-state index contributed by atoms with van der Waals surface area (Å²) in [4.78, 5) is 21.0. The Hall–Kier alpha value is -1.47. The third-order valence-corrected chi connectivity index (χ3v) is 4.21. The number of hydrogen-bond donors (Lipinski definition) is 5. The third kappa shape index (κ3) is 3.59. The van der Waals surface area contributed by atoms with Crippen LogP contribution in [0, 0.1) is 0 Å². The monoisotopic (exact) mass is 246 g/mol. The number of nitrogens with two attached hydrogens (primary N) is 1. The second-order valence-corrected chi connectivity index (χ2v) is 5.42. The molecule has 6 nitrogen and oxygen atoms in total. The molecule has 5 N–H and O–H groups in total. The normalized spacial score (nSPS) is 22.6. The largest absolute Gasteiger partial charge is 0.480 e. The van der Waals surface area contributed by atoms with E-state index in [-0.39, 0.29) is 0 Å². The molecule has 0 aromatic heterocycles. The first-order valence-corrected chi connectivity index (χ1v) is 6.24. The van der Waals surface area contributed by atoms with Crippen LogP contribution in [-0.4, -0.2) is 34.1 Å². The zero-order valence-corrected chi connectivity index (χ0v) is 9.35. The molecule has 7 heteroatoms. The Morgan fingerprint density at radius 2 is 2.19 bits per heavy atom. The van der Waals surface area contributed by atoms with Crippen LogP contribution < -0.4 is 11.1 Å². The Morgan fingerprint density at radius 1 is 1.50 bits per heavy atom. The average molecular weight is 246 g/mol. The minimum absolute atomic E-state index is 0.337. The summed E-state index contributed by atoms with van der Waals surface area (Å²) in [7, 11) is -0.753. The third-order valence-electron chi connectivity index (χ3n) is 2.06. The lowest BCUT2D eigenvalue weighted by Crippen LogP contribution is -2.31. The summed E-state index contributed by atoms with van der Waals surface area (Å²) in [6.45, 7) is 0. The smallest absolute Gasteiger partial charge is 0.409 e. The van der Waals surface area contributed by atoms with E-state index in [0.29, 0.717) is 17.2 Å². The van der Waals surface area contributed by atoms with E-state index in [4.69, 9.17) is 15.9 Å². The number of aliphatic carboxylic acids is 1. The fraction of sp³-hybridized carbons (Fsp3) is 0.333. The maximum absolute atomic E-state index is 10.5. The first kappa shape index (κ1) is 12.6. The number of carbonyl (C=O) groups is 2. The number of carboxylic acid groups (broad SMARTS) is 2. The predicted octanol–water partition coefficient (Wildman–Crippen LogP) is 0.426. The summed E-state index contributed by atoms with van der Waals surface area (Å²) in [6.07, 6.45) is 2.68. The van der Waals surface area contributed by atoms with Crippen LogP contribution in [0.25, 0.3) is 0 Å². The SMILES string of the molecule is N[C@@H](CC[SH]1C=CC=C1NC(=O)O)C(=O)O. The van der Waals surface area contributed by atoms with Crippen molar-refractivity contribution in [3.63, 3.8) is 0 Å². The maximum Gasteiger partial charge on any atom is 0.409 e. The Morgan fingerprint density at radius 3 is 2.75 bits per heavy atom. The van der Waals surface area contributed by atoms with Crippen molar-refractivity contribution in [3.8, 4) is 0 Å². The number of carboxylic acids is 1. The second-order valence-electron chi connectivity index (χ2n) is 3.25. The Balaban J connectivity index is 2.43. The molecular weight excluding hydrogens is 232 g/mol. The van der Waals surface area contributed by atoms with Gasteiger partial charge in [0.1, 0.15) is 6.04 Å². The van der Waals surface area contributed by atoms with Gasteiger partial charge in [-0.05, 0) is 23.7 Å². The van der Waals surface area contributed by atoms with Gasteiger partial charge in [-0.1, -0.05) is 6.08 Å². The predicted molar refractivity (Wildman–Crippen MR) is 62.5 cm³/mol. The first-order chi connectivity index (χ1) is 7.50. The molecule has 0 aliphatic carbocycles. The Labute approximate surface area is 95.2 Å². The molecule has 1 heterocycles. The van der Waals surface area contributed by atoms with Gasteiger partial charge in [-0.15, -0.1) is 0 Å². The van der Waals surface area contributed by atoms with Crippen molar-refractivity contribution in [1.29, 1.82) is 0 Å². The molecule has 1 unspecified atom stereocenters. The zero-order valence-electron chi connectivity index (χ0n) is 8.46. The average Bonchev–Trinajstić information content (AvgIpc) is 2.60. The van der Waals surface area contributed by atoms with Gasteiger partial charge in [0.15, 0.2) is 0 Å². The lowest BCUT2D eigenvalue weighted by atomic mass is 10.2. The molecule has 0 saturated carbocycles. The van der Waals surface area contributed by atoms with E-state index in [0.717, 1.165) is 0 Å². The minimum atomic E-state index is -1.11. The van der Waals surface area contributed by atoms with Crippen molar-refractivity contribution in [3.05, 3.63) is 22.6 Å². The van der Waals surface area contributed by atoms with Crippen LogP contribution in [-0.2, 0) is 4.79 Å². The number of rotatable bonds is 5. The summed E-state index contributed by atoms with van der Waals surface area (Å²) in [6, 6.07) is -0.887. The molecule has 90 valence electrons. The van der Waals surface area contributed by atoms with E-state index < -0.39 is 29.0 Å². The molecule has 16 heavy (non-hydrogen) atoms. The number of hydrogen-bond acceptors (Lipinski definition) is 3. The summed E-state index contributed by atoms with van der Waals surface area (Å²) in [5.41, 5.74) is 5.37. The molecule has 1 aliphatic rings. The van der Waals surface area contributed by atoms with Crippen molar-refractivity contribution in [2.75, 3.05) is 5.75 Å². The quantitative estimate of drug-likeness (QED) is 0.451. The molecule has 0 fully saturated rings. The van der Waals surface area contributed by atoms with E-state index in [1.54, 1.807) is 12.2 Å². The van der Waals surface area contributed by atoms with Gasteiger partial charge in [-0.2, -0.15) is 10.9 Å². The Kier molecular flexibility index (Phi) is 4.39. The minimum Gasteiger partial charge on any atom is -0.480 e. The molecule has 1 amide bonds. The van der Waals surface area contributed by atoms with Crippen molar-refractivity contribution < 1.29 is 19.8 Å². The maximum atomic E-state index is 10.5. The van der Waals surface area contributed by atoms with Crippen LogP contribution in [0.15, 0.2) is 22.6 Å². The topological polar surface area (TPSA) is 113 Å². The molecule has 0 radical (unpaired) electrons. The molecule has 0 aromatic carbocycles. The molecule has 0 saturated heterocycles. The van der Waals surface area contributed by atoms with Gasteiger partial charge in [-0.3, -0.25) is 10.1 Å². The molecule has 0 aromatic rings.